The highest BCUT2D eigenvalue weighted by Crippen LogP contribution is 2.12. The van der Waals surface area contributed by atoms with Crippen molar-refractivity contribution in [3.63, 3.8) is 0 Å². The molecular formula is C15H34N4. The normalized spacial score (nSPS) is 24.9. The van der Waals surface area contributed by atoms with Gasteiger partial charge < -0.3 is 14.7 Å². The summed E-state index contributed by atoms with van der Waals surface area (Å²) in [6.45, 7) is 16.3. The highest BCUT2D eigenvalue weighted by Gasteiger charge is 2.21. The second-order valence-electron chi connectivity index (χ2n) is 7.07. The topological polar surface area (TPSA) is 13.0 Å². The van der Waals surface area contributed by atoms with Crippen LogP contribution in [0.1, 0.15) is 20.8 Å². The summed E-state index contributed by atoms with van der Waals surface area (Å²) in [7, 11) is 6.72. The highest BCUT2D eigenvalue weighted by molar-refractivity contribution is 4.78. The van der Waals surface area contributed by atoms with Gasteiger partial charge in [0.05, 0.1) is 0 Å². The zero-order valence-corrected chi connectivity index (χ0v) is 13.9. The molecule has 0 radical (unpaired) electrons. The van der Waals surface area contributed by atoms with E-state index >= 15 is 0 Å². The summed E-state index contributed by atoms with van der Waals surface area (Å²) in [5.74, 6) is 0. The Hall–Kier alpha value is -0.160. The molecule has 0 aromatic carbocycles. The fourth-order valence-corrected chi connectivity index (χ4v) is 2.38. The average molecular weight is 270 g/mol. The number of rotatable bonds is 0. The molecule has 0 atom stereocenters. The smallest absolute Gasteiger partial charge is 0.0126 e. The van der Waals surface area contributed by atoms with Gasteiger partial charge in [-0.3, -0.25) is 4.90 Å². The van der Waals surface area contributed by atoms with Crippen LogP contribution in [0.25, 0.3) is 0 Å². The van der Waals surface area contributed by atoms with Gasteiger partial charge in [0.1, 0.15) is 0 Å². The lowest BCUT2D eigenvalue weighted by Gasteiger charge is -2.38. The minimum atomic E-state index is 0.266. The van der Waals surface area contributed by atoms with Crippen LogP contribution in [0.15, 0.2) is 0 Å². The van der Waals surface area contributed by atoms with Gasteiger partial charge in [0, 0.05) is 57.9 Å². The van der Waals surface area contributed by atoms with Gasteiger partial charge in [-0.1, -0.05) is 0 Å². The first-order valence-electron chi connectivity index (χ1n) is 7.60. The van der Waals surface area contributed by atoms with Crippen LogP contribution >= 0.6 is 0 Å². The lowest BCUT2D eigenvalue weighted by Crippen LogP contribution is -2.49. The summed E-state index contributed by atoms with van der Waals surface area (Å²) in [5.41, 5.74) is 0.266. The summed E-state index contributed by atoms with van der Waals surface area (Å²) < 4.78 is 0. The number of hydrogen-bond acceptors (Lipinski definition) is 4. The summed E-state index contributed by atoms with van der Waals surface area (Å²) in [4.78, 5) is 9.97. The Bertz CT molecular complexity index is 231. The molecule has 1 heterocycles. The van der Waals surface area contributed by atoms with E-state index in [1.54, 1.807) is 0 Å². The van der Waals surface area contributed by atoms with Crippen molar-refractivity contribution >= 4 is 0 Å². The molecule has 0 aromatic rings. The van der Waals surface area contributed by atoms with Crippen molar-refractivity contribution in [1.29, 1.82) is 0 Å². The van der Waals surface area contributed by atoms with Crippen LogP contribution in [-0.4, -0.2) is 98.6 Å². The van der Waals surface area contributed by atoms with Crippen molar-refractivity contribution in [3.05, 3.63) is 0 Å². The predicted molar refractivity (Wildman–Crippen MR) is 83.8 cm³/mol. The second kappa shape index (κ2) is 7.58. The second-order valence-corrected chi connectivity index (χ2v) is 7.07. The van der Waals surface area contributed by atoms with Crippen LogP contribution in [0.3, 0.4) is 0 Å². The Morgan fingerprint density at radius 3 is 1.05 bits per heavy atom. The molecule has 0 spiro atoms. The molecule has 19 heavy (non-hydrogen) atoms. The van der Waals surface area contributed by atoms with Crippen molar-refractivity contribution in [2.75, 3.05) is 73.5 Å². The van der Waals surface area contributed by atoms with Crippen LogP contribution in [0.4, 0.5) is 0 Å². The molecular weight excluding hydrogens is 236 g/mol. The third kappa shape index (κ3) is 6.70. The Balaban J connectivity index is 2.60. The average Bonchev–Trinajstić information content (AvgIpc) is 2.30. The minimum Gasteiger partial charge on any atom is -0.304 e. The number of hydrogen-bond donors (Lipinski definition) is 0. The molecule has 4 nitrogen and oxygen atoms in total. The Kier molecular flexibility index (Phi) is 6.74. The third-order valence-corrected chi connectivity index (χ3v) is 4.18. The van der Waals surface area contributed by atoms with E-state index in [1.165, 1.54) is 13.1 Å². The van der Waals surface area contributed by atoms with E-state index in [0.717, 1.165) is 39.3 Å². The molecule has 0 saturated carbocycles. The predicted octanol–water partition coefficient (Wildman–Crippen LogP) is 0.896. The van der Waals surface area contributed by atoms with Crippen LogP contribution in [-0.2, 0) is 0 Å². The Labute approximate surface area is 120 Å². The van der Waals surface area contributed by atoms with Gasteiger partial charge >= 0.3 is 0 Å². The fourth-order valence-electron chi connectivity index (χ4n) is 2.38. The summed E-state index contributed by atoms with van der Waals surface area (Å²) in [5, 5.41) is 0. The van der Waals surface area contributed by atoms with Crippen molar-refractivity contribution in [1.82, 2.24) is 19.6 Å². The van der Waals surface area contributed by atoms with Crippen molar-refractivity contribution in [2.24, 2.45) is 0 Å². The molecule has 0 unspecified atom stereocenters. The van der Waals surface area contributed by atoms with Crippen LogP contribution in [0, 0.1) is 0 Å². The maximum Gasteiger partial charge on any atom is 0.0126 e. The molecule has 0 aromatic heterocycles. The van der Waals surface area contributed by atoms with Crippen molar-refractivity contribution in [3.8, 4) is 0 Å². The van der Waals surface area contributed by atoms with Gasteiger partial charge in [0.25, 0.3) is 0 Å². The van der Waals surface area contributed by atoms with E-state index in [-0.39, 0.29) is 5.54 Å². The number of nitrogens with zero attached hydrogens (tertiary/aromatic N) is 4. The largest absolute Gasteiger partial charge is 0.304 e. The SMILES string of the molecule is CN1CCN(C)CCN(C(C)(C)C)CCN(C)CC1. The van der Waals surface area contributed by atoms with E-state index in [9.17, 15) is 0 Å². The van der Waals surface area contributed by atoms with E-state index in [1.807, 2.05) is 0 Å². The zero-order valence-electron chi connectivity index (χ0n) is 13.9. The van der Waals surface area contributed by atoms with Crippen molar-refractivity contribution < 1.29 is 0 Å². The van der Waals surface area contributed by atoms with Gasteiger partial charge in [-0.25, -0.2) is 0 Å². The van der Waals surface area contributed by atoms with Crippen LogP contribution < -0.4 is 0 Å². The molecule has 0 aliphatic carbocycles. The lowest BCUT2D eigenvalue weighted by atomic mass is 10.1. The molecule has 114 valence electrons. The van der Waals surface area contributed by atoms with Gasteiger partial charge in [-0.2, -0.15) is 0 Å². The quantitative estimate of drug-likeness (QED) is 0.648. The van der Waals surface area contributed by atoms with E-state index in [4.69, 9.17) is 0 Å². The van der Waals surface area contributed by atoms with Crippen molar-refractivity contribution in [2.45, 2.75) is 26.3 Å². The lowest BCUT2D eigenvalue weighted by molar-refractivity contribution is 0.0979. The number of likely N-dealkylation sites (N-methyl/N-ethyl adjacent to an activating group) is 3. The van der Waals surface area contributed by atoms with Crippen LogP contribution in [0.2, 0.25) is 0 Å². The summed E-state index contributed by atoms with van der Waals surface area (Å²) in [6.07, 6.45) is 0. The molecule has 1 fully saturated rings. The first kappa shape index (κ1) is 16.9. The molecule has 4 heteroatoms. The molecule has 1 aliphatic heterocycles. The monoisotopic (exact) mass is 270 g/mol. The maximum absolute atomic E-state index is 2.62. The Morgan fingerprint density at radius 1 is 0.526 bits per heavy atom. The van der Waals surface area contributed by atoms with Gasteiger partial charge in [0.15, 0.2) is 0 Å². The molecule has 0 N–H and O–H groups in total. The molecule has 1 rings (SSSR count). The summed E-state index contributed by atoms with van der Waals surface area (Å²) in [6, 6.07) is 0. The van der Waals surface area contributed by atoms with E-state index in [0.29, 0.717) is 0 Å². The Morgan fingerprint density at radius 2 is 0.789 bits per heavy atom. The first-order chi connectivity index (χ1) is 8.79. The standard InChI is InChI=1S/C15H34N4/c1-15(2,3)19-13-11-17(5)9-7-16(4)8-10-18(6)12-14-19/h7-14H2,1-6H3. The molecule has 0 bridgehead atoms. The van der Waals surface area contributed by atoms with Gasteiger partial charge in [-0.05, 0) is 41.9 Å². The zero-order chi connectivity index (χ0) is 14.5. The first-order valence-corrected chi connectivity index (χ1v) is 7.60. The minimum absolute atomic E-state index is 0.266. The van der Waals surface area contributed by atoms with E-state index in [2.05, 4.69) is 61.5 Å². The molecule has 1 aliphatic rings. The van der Waals surface area contributed by atoms with Gasteiger partial charge in [-0.15, -0.1) is 0 Å². The van der Waals surface area contributed by atoms with E-state index < -0.39 is 0 Å². The van der Waals surface area contributed by atoms with Gasteiger partial charge in [0.2, 0.25) is 0 Å². The third-order valence-electron chi connectivity index (χ3n) is 4.18. The van der Waals surface area contributed by atoms with Crippen LogP contribution in [0.5, 0.6) is 0 Å². The maximum atomic E-state index is 2.62. The highest BCUT2D eigenvalue weighted by atomic mass is 15.3. The molecule has 1 saturated heterocycles. The summed E-state index contributed by atoms with van der Waals surface area (Å²) >= 11 is 0. The fraction of sp³-hybridized carbons (Fsp3) is 1.00. The molecule has 0 amide bonds.